The highest BCUT2D eigenvalue weighted by molar-refractivity contribution is 8.11. The molecule has 0 saturated heterocycles. The summed E-state index contributed by atoms with van der Waals surface area (Å²) in [7, 11) is 0. The zero-order valence-corrected chi connectivity index (χ0v) is 4.72. The third-order valence-corrected chi connectivity index (χ3v) is 0.533. The van der Waals surface area contributed by atoms with E-state index in [1.807, 2.05) is 6.07 Å². The van der Waals surface area contributed by atoms with Crippen LogP contribution < -0.4 is 0 Å². The second-order valence-electron chi connectivity index (χ2n) is 0.729. The molecule has 0 amide bonds. The summed E-state index contributed by atoms with van der Waals surface area (Å²) in [5.41, 5.74) is 0. The van der Waals surface area contributed by atoms with Crippen LogP contribution in [0.4, 0.5) is 0 Å². The molecule has 3 heteroatoms. The Morgan fingerprint density at radius 1 is 2.00 bits per heavy atom. The minimum Gasteiger partial charge on any atom is -0.198 e. The minimum absolute atomic E-state index is 0.276. The lowest BCUT2D eigenvalue weighted by molar-refractivity contribution is 1.44. The molecule has 0 N–H and O–H groups in total. The van der Waals surface area contributed by atoms with Gasteiger partial charge >= 0.3 is 0 Å². The van der Waals surface area contributed by atoms with E-state index in [1.54, 1.807) is 0 Å². The van der Waals surface area contributed by atoms with Crippen molar-refractivity contribution in [1.82, 2.24) is 0 Å². The molecule has 6 heavy (non-hydrogen) atoms. The Morgan fingerprint density at radius 3 is 2.50 bits per heavy atom. The third kappa shape index (κ3) is 3.93. The zero-order chi connectivity index (χ0) is 4.99. The van der Waals surface area contributed by atoms with Crippen molar-refractivity contribution >= 4 is 29.0 Å². The first-order valence-electron chi connectivity index (χ1n) is 1.36. The summed E-state index contributed by atoms with van der Waals surface area (Å²) in [5, 5.41) is 7.85. The lowest BCUT2D eigenvalue weighted by Gasteiger charge is -1.73. The first-order chi connectivity index (χ1) is 2.77. The molecule has 0 aliphatic carbocycles. The largest absolute Gasteiger partial charge is 0.198 e. The van der Waals surface area contributed by atoms with E-state index in [1.165, 1.54) is 0 Å². The SMILES string of the molecule is N#CCC(=S)S. The Bertz CT molecular complexity index is 91.5. The van der Waals surface area contributed by atoms with Crippen molar-refractivity contribution in [1.29, 1.82) is 5.26 Å². The van der Waals surface area contributed by atoms with E-state index in [9.17, 15) is 0 Å². The minimum atomic E-state index is 0.276. The molecule has 0 aliphatic heterocycles. The van der Waals surface area contributed by atoms with Gasteiger partial charge in [0.2, 0.25) is 0 Å². The first-order valence-corrected chi connectivity index (χ1v) is 2.21. The van der Waals surface area contributed by atoms with Crippen molar-refractivity contribution < 1.29 is 0 Å². The molecule has 0 bridgehead atoms. The normalized spacial score (nSPS) is 6.67. The quantitative estimate of drug-likeness (QED) is 0.411. The maximum Gasteiger partial charge on any atom is 0.0762 e. The van der Waals surface area contributed by atoms with Gasteiger partial charge in [-0.2, -0.15) is 5.26 Å². The Morgan fingerprint density at radius 2 is 2.50 bits per heavy atom. The molecule has 0 unspecified atom stereocenters. The van der Waals surface area contributed by atoms with Crippen LogP contribution in [0.1, 0.15) is 6.42 Å². The number of rotatable bonds is 1. The summed E-state index contributed by atoms with van der Waals surface area (Å²) < 4.78 is 0.456. The molecule has 0 aromatic heterocycles. The number of hydrogen-bond donors (Lipinski definition) is 1. The number of nitriles is 1. The number of hydrogen-bond acceptors (Lipinski definition) is 2. The molecule has 0 atom stereocenters. The van der Waals surface area contributed by atoms with Gasteiger partial charge in [-0.05, 0) is 0 Å². The summed E-state index contributed by atoms with van der Waals surface area (Å²) >= 11 is 8.12. The Balaban J connectivity index is 3.13. The van der Waals surface area contributed by atoms with E-state index in [2.05, 4.69) is 24.8 Å². The van der Waals surface area contributed by atoms with E-state index < -0.39 is 0 Å². The van der Waals surface area contributed by atoms with Crippen LogP contribution in [0, 0.1) is 11.3 Å². The maximum atomic E-state index is 7.85. The van der Waals surface area contributed by atoms with Gasteiger partial charge in [0.05, 0.1) is 16.7 Å². The molecule has 0 saturated carbocycles. The summed E-state index contributed by atoms with van der Waals surface area (Å²) in [6.07, 6.45) is 0.276. The van der Waals surface area contributed by atoms with Gasteiger partial charge in [0.1, 0.15) is 0 Å². The number of thiocarbonyl (C=S) groups is 1. The zero-order valence-electron chi connectivity index (χ0n) is 3.01. The molecular weight excluding hydrogens is 114 g/mol. The van der Waals surface area contributed by atoms with Gasteiger partial charge < -0.3 is 0 Å². The third-order valence-electron chi connectivity index (χ3n) is 0.230. The topological polar surface area (TPSA) is 23.8 Å². The van der Waals surface area contributed by atoms with E-state index >= 15 is 0 Å². The van der Waals surface area contributed by atoms with Gasteiger partial charge in [-0.3, -0.25) is 0 Å². The van der Waals surface area contributed by atoms with Crippen LogP contribution in [0.25, 0.3) is 0 Å². The fourth-order valence-corrected chi connectivity index (χ4v) is 0.203. The molecule has 0 radical (unpaired) electrons. The van der Waals surface area contributed by atoms with Crippen molar-refractivity contribution in [3.63, 3.8) is 0 Å². The van der Waals surface area contributed by atoms with Crippen molar-refractivity contribution in [3.05, 3.63) is 0 Å². The molecule has 0 rings (SSSR count). The predicted octanol–water partition coefficient (Wildman–Crippen LogP) is 1.16. The lowest BCUT2D eigenvalue weighted by atomic mass is 10.6. The number of thiol groups is 1. The molecule has 0 aliphatic rings. The van der Waals surface area contributed by atoms with Gasteiger partial charge in [-0.25, -0.2) is 0 Å². The van der Waals surface area contributed by atoms with Crippen LogP contribution in [0.15, 0.2) is 0 Å². The Hall–Kier alpha value is -0.0700. The summed E-state index contributed by atoms with van der Waals surface area (Å²) in [5.74, 6) is 0. The van der Waals surface area contributed by atoms with E-state index in [4.69, 9.17) is 5.26 Å². The summed E-state index contributed by atoms with van der Waals surface area (Å²) in [4.78, 5) is 0. The highest BCUT2D eigenvalue weighted by Crippen LogP contribution is 1.86. The molecule has 0 fully saturated rings. The van der Waals surface area contributed by atoms with Crippen LogP contribution in [-0.2, 0) is 0 Å². The van der Waals surface area contributed by atoms with E-state index in [-0.39, 0.29) is 6.42 Å². The molecule has 32 valence electrons. The van der Waals surface area contributed by atoms with Crippen LogP contribution in [0.5, 0.6) is 0 Å². The van der Waals surface area contributed by atoms with Gasteiger partial charge in [0.15, 0.2) is 0 Å². The number of nitrogens with zero attached hydrogens (tertiary/aromatic N) is 1. The average Bonchev–Trinajstić information content (AvgIpc) is 1.35. The van der Waals surface area contributed by atoms with Gasteiger partial charge in [-0.15, -0.1) is 12.6 Å². The predicted molar refractivity (Wildman–Crippen MR) is 31.8 cm³/mol. The van der Waals surface area contributed by atoms with Crippen LogP contribution >= 0.6 is 24.8 Å². The Kier molecular flexibility index (Phi) is 3.10. The molecule has 1 nitrogen and oxygen atoms in total. The lowest BCUT2D eigenvalue weighted by Crippen LogP contribution is -1.73. The highest BCUT2D eigenvalue weighted by Gasteiger charge is 1.79. The second-order valence-corrected chi connectivity index (χ2v) is 2.06. The smallest absolute Gasteiger partial charge is 0.0762 e. The maximum absolute atomic E-state index is 7.85. The van der Waals surface area contributed by atoms with Crippen molar-refractivity contribution in [2.45, 2.75) is 6.42 Å². The average molecular weight is 117 g/mol. The molecular formula is C3H3NS2. The van der Waals surface area contributed by atoms with Crippen molar-refractivity contribution in [2.75, 3.05) is 0 Å². The standard InChI is InChI=1S/C3H3NS2/c4-2-1-3(5)6/h1H2,(H,5,6). The Labute approximate surface area is 47.4 Å². The van der Waals surface area contributed by atoms with Gasteiger partial charge in [0, 0.05) is 0 Å². The monoisotopic (exact) mass is 117 g/mol. The second kappa shape index (κ2) is 3.13. The fraction of sp³-hybridized carbons (Fsp3) is 0.333. The summed E-state index contributed by atoms with van der Waals surface area (Å²) in [6.45, 7) is 0. The summed E-state index contributed by atoms with van der Waals surface area (Å²) in [6, 6.07) is 1.85. The molecule has 0 aromatic rings. The molecule has 0 aromatic carbocycles. The van der Waals surface area contributed by atoms with Crippen molar-refractivity contribution in [3.8, 4) is 6.07 Å². The molecule has 0 heterocycles. The van der Waals surface area contributed by atoms with Gasteiger partial charge in [0.25, 0.3) is 0 Å². The van der Waals surface area contributed by atoms with Gasteiger partial charge in [-0.1, -0.05) is 12.2 Å². The van der Waals surface area contributed by atoms with E-state index in [0.29, 0.717) is 4.20 Å². The first kappa shape index (κ1) is 5.93. The van der Waals surface area contributed by atoms with Crippen LogP contribution in [0.2, 0.25) is 0 Å². The fourth-order valence-electron chi connectivity index (χ4n) is 0.0676. The highest BCUT2D eigenvalue weighted by atomic mass is 32.1. The molecule has 0 spiro atoms. The van der Waals surface area contributed by atoms with Crippen LogP contribution in [-0.4, -0.2) is 4.20 Å². The van der Waals surface area contributed by atoms with E-state index in [0.717, 1.165) is 0 Å². The van der Waals surface area contributed by atoms with Crippen molar-refractivity contribution in [2.24, 2.45) is 0 Å². The van der Waals surface area contributed by atoms with Crippen LogP contribution in [0.3, 0.4) is 0 Å².